The fourth-order valence-electron chi connectivity index (χ4n) is 3.59. The number of carbonyl (C=O) groups is 2. The summed E-state index contributed by atoms with van der Waals surface area (Å²) in [6, 6.07) is 9.57. The summed E-state index contributed by atoms with van der Waals surface area (Å²) in [5, 5.41) is 6.09. The van der Waals surface area contributed by atoms with Gasteiger partial charge in [-0.3, -0.25) is 19.9 Å². The molecule has 144 valence electrons. The van der Waals surface area contributed by atoms with E-state index in [2.05, 4.69) is 15.2 Å². The number of nitrogens with one attached hydrogen (secondary N) is 1. The minimum absolute atomic E-state index is 0.182. The Balaban J connectivity index is 1.61. The van der Waals surface area contributed by atoms with Gasteiger partial charge in [-0.2, -0.15) is 0 Å². The third-order valence-corrected chi connectivity index (χ3v) is 5.69. The van der Waals surface area contributed by atoms with Crippen LogP contribution in [0.15, 0.2) is 41.9 Å². The van der Waals surface area contributed by atoms with E-state index in [1.54, 1.807) is 6.20 Å². The highest BCUT2D eigenvalue weighted by Gasteiger charge is 2.26. The van der Waals surface area contributed by atoms with Gasteiger partial charge >= 0.3 is 0 Å². The van der Waals surface area contributed by atoms with E-state index in [0.29, 0.717) is 23.7 Å². The summed E-state index contributed by atoms with van der Waals surface area (Å²) in [6.07, 6.45) is 2.96. The van der Waals surface area contributed by atoms with Gasteiger partial charge in [0.05, 0.1) is 11.1 Å². The molecule has 2 amide bonds. The fraction of sp³-hybridized carbons (Fsp3) is 0.300. The van der Waals surface area contributed by atoms with Gasteiger partial charge in [-0.25, -0.2) is 4.98 Å². The number of nitrogens with zero attached hydrogens (tertiary/aromatic N) is 3. The van der Waals surface area contributed by atoms with Crippen molar-refractivity contribution in [2.24, 2.45) is 5.73 Å². The zero-order valence-electron chi connectivity index (χ0n) is 15.3. The second-order valence-electron chi connectivity index (χ2n) is 6.91. The van der Waals surface area contributed by atoms with Crippen molar-refractivity contribution in [2.45, 2.75) is 18.8 Å². The van der Waals surface area contributed by atoms with Crippen LogP contribution < -0.4 is 11.1 Å². The summed E-state index contributed by atoms with van der Waals surface area (Å²) in [5.41, 5.74) is 7.58. The molecule has 8 heteroatoms. The molecule has 7 nitrogen and oxygen atoms in total. The normalized spacial score (nSPS) is 17.1. The summed E-state index contributed by atoms with van der Waals surface area (Å²) < 4.78 is 0. The summed E-state index contributed by atoms with van der Waals surface area (Å²) in [7, 11) is 0. The van der Waals surface area contributed by atoms with Crippen molar-refractivity contribution >= 4 is 39.2 Å². The number of anilines is 1. The van der Waals surface area contributed by atoms with E-state index in [4.69, 9.17) is 10.7 Å². The number of nitrogens with two attached hydrogens (primary N) is 1. The molecule has 0 unspecified atom stereocenters. The monoisotopic (exact) mass is 395 g/mol. The van der Waals surface area contributed by atoms with Crippen LogP contribution in [0, 0.1) is 0 Å². The number of hydrogen-bond donors (Lipinski definition) is 2. The summed E-state index contributed by atoms with van der Waals surface area (Å²) in [4.78, 5) is 35.1. The highest BCUT2D eigenvalue weighted by Crippen LogP contribution is 2.29. The van der Waals surface area contributed by atoms with Crippen molar-refractivity contribution < 1.29 is 9.59 Å². The molecule has 0 bridgehead atoms. The average molecular weight is 395 g/mol. The first-order valence-corrected chi connectivity index (χ1v) is 10.1. The minimum Gasteiger partial charge on any atom is -0.370 e. The Kier molecular flexibility index (Phi) is 5.31. The molecule has 2 aromatic heterocycles. The van der Waals surface area contributed by atoms with Gasteiger partial charge in [0.25, 0.3) is 5.91 Å². The number of benzene rings is 1. The first kappa shape index (κ1) is 18.5. The van der Waals surface area contributed by atoms with Crippen LogP contribution in [0.2, 0.25) is 0 Å². The lowest BCUT2D eigenvalue weighted by molar-refractivity contribution is -0.118. The van der Waals surface area contributed by atoms with Gasteiger partial charge in [0.1, 0.15) is 0 Å². The van der Waals surface area contributed by atoms with Gasteiger partial charge in [0.15, 0.2) is 5.13 Å². The van der Waals surface area contributed by atoms with Crippen molar-refractivity contribution in [1.82, 2.24) is 14.9 Å². The van der Waals surface area contributed by atoms with Crippen LogP contribution in [-0.2, 0) is 4.79 Å². The van der Waals surface area contributed by atoms with Crippen LogP contribution in [0.3, 0.4) is 0 Å². The van der Waals surface area contributed by atoms with E-state index in [9.17, 15) is 9.59 Å². The van der Waals surface area contributed by atoms with Gasteiger partial charge in [-0.15, -0.1) is 11.3 Å². The first-order chi connectivity index (χ1) is 13.6. The molecule has 3 heterocycles. The van der Waals surface area contributed by atoms with Gasteiger partial charge in [0, 0.05) is 48.1 Å². The number of hydrogen-bond acceptors (Lipinski definition) is 6. The van der Waals surface area contributed by atoms with Gasteiger partial charge in [0.2, 0.25) is 5.91 Å². The highest BCUT2D eigenvalue weighted by molar-refractivity contribution is 7.13. The van der Waals surface area contributed by atoms with E-state index < -0.39 is 0 Å². The van der Waals surface area contributed by atoms with Crippen LogP contribution in [0.25, 0.3) is 10.9 Å². The lowest BCUT2D eigenvalue weighted by Crippen LogP contribution is -2.26. The third-order valence-electron chi connectivity index (χ3n) is 5.00. The number of rotatable bonds is 6. The molecule has 1 aliphatic rings. The second kappa shape index (κ2) is 8.04. The van der Waals surface area contributed by atoms with E-state index in [-0.39, 0.29) is 17.7 Å². The second-order valence-corrected chi connectivity index (χ2v) is 7.80. The lowest BCUT2D eigenvalue weighted by Gasteiger charge is -2.16. The number of carbonyl (C=O) groups excluding carboxylic acids is 2. The molecular weight excluding hydrogens is 374 g/mol. The van der Waals surface area contributed by atoms with Crippen molar-refractivity contribution in [3.63, 3.8) is 0 Å². The molecule has 28 heavy (non-hydrogen) atoms. The zero-order valence-corrected chi connectivity index (χ0v) is 16.1. The van der Waals surface area contributed by atoms with Crippen LogP contribution in [-0.4, -0.2) is 46.3 Å². The van der Waals surface area contributed by atoms with E-state index >= 15 is 0 Å². The molecule has 1 fully saturated rings. The number of pyridine rings is 1. The standard InChI is InChI=1S/C20H21N5O2S/c21-18(26)6-9-25-8-5-13(12-25)17-11-15(14-3-1-2-4-16(14)23-17)19(27)24-20-22-7-10-28-20/h1-4,7,10-11,13H,5-6,8-9,12H2,(H2,21,26)(H,22,24,27)/t13-/m0/s1. The quantitative estimate of drug-likeness (QED) is 0.668. The Labute approximate surface area is 166 Å². The molecule has 4 rings (SSSR count). The maximum Gasteiger partial charge on any atom is 0.258 e. The number of para-hydroxylation sites is 1. The van der Waals surface area contributed by atoms with Crippen LogP contribution >= 0.6 is 11.3 Å². The number of aromatic nitrogens is 2. The van der Waals surface area contributed by atoms with Crippen LogP contribution in [0.5, 0.6) is 0 Å². The summed E-state index contributed by atoms with van der Waals surface area (Å²) in [6.45, 7) is 2.37. The van der Waals surface area contributed by atoms with E-state index in [0.717, 1.165) is 36.1 Å². The van der Waals surface area contributed by atoms with Gasteiger partial charge < -0.3 is 10.6 Å². The Morgan fingerprint density at radius 2 is 2.18 bits per heavy atom. The Hall–Kier alpha value is -2.84. The molecule has 1 aliphatic heterocycles. The Morgan fingerprint density at radius 1 is 1.32 bits per heavy atom. The molecule has 1 saturated heterocycles. The Bertz CT molecular complexity index is 1010. The lowest BCUT2D eigenvalue weighted by atomic mass is 9.99. The van der Waals surface area contributed by atoms with Gasteiger partial charge in [-0.05, 0) is 25.1 Å². The largest absolute Gasteiger partial charge is 0.370 e. The molecule has 1 atom stereocenters. The number of likely N-dealkylation sites (tertiary alicyclic amines) is 1. The molecule has 0 spiro atoms. The predicted molar refractivity (Wildman–Crippen MR) is 109 cm³/mol. The highest BCUT2D eigenvalue weighted by atomic mass is 32.1. The zero-order chi connectivity index (χ0) is 19.5. The summed E-state index contributed by atoms with van der Waals surface area (Å²) >= 11 is 1.39. The van der Waals surface area contributed by atoms with Crippen molar-refractivity contribution in [2.75, 3.05) is 25.0 Å². The number of primary amides is 1. The number of amides is 2. The molecular formula is C20H21N5O2S. The van der Waals surface area contributed by atoms with E-state index in [1.807, 2.05) is 35.7 Å². The van der Waals surface area contributed by atoms with E-state index in [1.165, 1.54) is 11.3 Å². The maximum absolute atomic E-state index is 12.9. The first-order valence-electron chi connectivity index (χ1n) is 9.21. The van der Waals surface area contributed by atoms with Crippen molar-refractivity contribution in [3.05, 3.63) is 53.2 Å². The molecule has 0 aliphatic carbocycles. The van der Waals surface area contributed by atoms with Crippen molar-refractivity contribution in [1.29, 1.82) is 0 Å². The Morgan fingerprint density at radius 3 is 2.96 bits per heavy atom. The molecule has 3 N–H and O–H groups in total. The predicted octanol–water partition coefficient (Wildman–Crippen LogP) is 2.61. The van der Waals surface area contributed by atoms with Crippen LogP contribution in [0.1, 0.15) is 34.8 Å². The van der Waals surface area contributed by atoms with Gasteiger partial charge in [-0.1, -0.05) is 18.2 Å². The molecule has 0 saturated carbocycles. The topological polar surface area (TPSA) is 101 Å². The summed E-state index contributed by atoms with van der Waals surface area (Å²) in [5.74, 6) is -0.240. The number of fused-ring (bicyclic) bond motifs is 1. The average Bonchev–Trinajstić information content (AvgIpc) is 3.37. The molecule has 1 aromatic carbocycles. The SMILES string of the molecule is NC(=O)CCN1CC[C@H](c2cc(C(=O)Nc3nccs3)c3ccccc3n2)C1. The third kappa shape index (κ3) is 4.02. The fourth-order valence-corrected chi connectivity index (χ4v) is 4.11. The van der Waals surface area contributed by atoms with Crippen LogP contribution in [0.4, 0.5) is 5.13 Å². The number of thiazole rings is 1. The molecule has 3 aromatic rings. The minimum atomic E-state index is -0.284. The smallest absolute Gasteiger partial charge is 0.258 e. The maximum atomic E-state index is 12.9. The van der Waals surface area contributed by atoms with Crippen molar-refractivity contribution in [3.8, 4) is 0 Å². The molecule has 0 radical (unpaired) electrons.